The van der Waals surface area contributed by atoms with E-state index in [0.717, 1.165) is 47.4 Å². The van der Waals surface area contributed by atoms with Gasteiger partial charge >= 0.3 is 0 Å². The lowest BCUT2D eigenvalue weighted by Gasteiger charge is -2.19. The third kappa shape index (κ3) is 2.88. The quantitative estimate of drug-likeness (QED) is 0.578. The molecule has 5 nitrogen and oxygen atoms in total. The summed E-state index contributed by atoms with van der Waals surface area (Å²) in [6, 6.07) is 14.4. The molecule has 2 aromatic carbocycles. The number of para-hydroxylation sites is 1. The van der Waals surface area contributed by atoms with Crippen molar-refractivity contribution in [2.24, 2.45) is 10.2 Å². The number of aromatic nitrogens is 1. The highest BCUT2D eigenvalue weighted by molar-refractivity contribution is 6.54. The van der Waals surface area contributed by atoms with E-state index in [-0.39, 0.29) is 11.3 Å². The Labute approximate surface area is 176 Å². The summed E-state index contributed by atoms with van der Waals surface area (Å²) < 4.78 is 0. The number of hydrogen-bond donors (Lipinski definition) is 1. The van der Waals surface area contributed by atoms with Gasteiger partial charge in [0.25, 0.3) is 5.91 Å². The van der Waals surface area contributed by atoms with E-state index in [2.05, 4.69) is 54.2 Å². The molecule has 0 spiro atoms. The van der Waals surface area contributed by atoms with Crippen molar-refractivity contribution >= 4 is 33.9 Å². The van der Waals surface area contributed by atoms with E-state index in [1.54, 1.807) is 11.9 Å². The lowest BCUT2D eigenvalue weighted by Crippen LogP contribution is -2.25. The Morgan fingerprint density at radius 2 is 1.83 bits per heavy atom. The first-order valence-electron chi connectivity index (χ1n) is 10.5. The first-order valence-corrected chi connectivity index (χ1v) is 10.5. The Bertz CT molecular complexity index is 1240. The van der Waals surface area contributed by atoms with Crippen LogP contribution in [0.1, 0.15) is 56.0 Å². The second kappa shape index (κ2) is 6.66. The van der Waals surface area contributed by atoms with E-state index in [1.165, 1.54) is 16.5 Å². The fourth-order valence-corrected chi connectivity index (χ4v) is 4.43. The summed E-state index contributed by atoms with van der Waals surface area (Å²) in [5.74, 6) is -0.108. The monoisotopic (exact) mass is 398 g/mol. The van der Waals surface area contributed by atoms with E-state index in [1.807, 2.05) is 24.3 Å². The zero-order valence-electron chi connectivity index (χ0n) is 17.9. The van der Waals surface area contributed by atoms with Crippen LogP contribution in [0.5, 0.6) is 0 Å². The predicted octanol–water partition coefficient (Wildman–Crippen LogP) is 4.97. The zero-order chi connectivity index (χ0) is 21.0. The highest BCUT2D eigenvalue weighted by Crippen LogP contribution is 2.33. The number of benzene rings is 2. The van der Waals surface area contributed by atoms with Gasteiger partial charge < -0.3 is 9.88 Å². The number of rotatable bonds is 1. The molecular weight excluding hydrogens is 372 g/mol. The largest absolute Gasteiger partial charge is 0.353 e. The maximum absolute atomic E-state index is 12.7. The van der Waals surface area contributed by atoms with Crippen molar-refractivity contribution in [1.29, 1.82) is 0 Å². The summed E-state index contributed by atoms with van der Waals surface area (Å²) in [4.78, 5) is 17.9. The molecule has 30 heavy (non-hydrogen) atoms. The predicted molar refractivity (Wildman–Crippen MR) is 123 cm³/mol. The van der Waals surface area contributed by atoms with Gasteiger partial charge in [-0.1, -0.05) is 45.0 Å². The number of carbonyl (C=O) groups excluding carboxylic acids is 1. The fourth-order valence-electron chi connectivity index (χ4n) is 4.43. The zero-order valence-corrected chi connectivity index (χ0v) is 17.9. The minimum absolute atomic E-state index is 0.108. The molecule has 1 aromatic heterocycles. The Morgan fingerprint density at radius 1 is 1.03 bits per heavy atom. The van der Waals surface area contributed by atoms with Crippen molar-refractivity contribution in [1.82, 2.24) is 4.98 Å². The molecule has 3 aromatic rings. The highest BCUT2D eigenvalue weighted by Gasteiger charge is 2.31. The van der Waals surface area contributed by atoms with Gasteiger partial charge in [-0.3, -0.25) is 4.79 Å². The van der Waals surface area contributed by atoms with E-state index in [9.17, 15) is 4.79 Å². The number of fused-ring (bicyclic) bond motifs is 4. The molecule has 1 aliphatic carbocycles. The lowest BCUT2D eigenvalue weighted by molar-refractivity contribution is -0.111. The summed E-state index contributed by atoms with van der Waals surface area (Å²) in [6.07, 6.45) is 2.92. The van der Waals surface area contributed by atoms with Crippen LogP contribution < -0.4 is 4.90 Å². The molecule has 5 heteroatoms. The molecule has 2 heterocycles. The van der Waals surface area contributed by atoms with Crippen LogP contribution in [-0.2, 0) is 16.6 Å². The number of likely N-dealkylation sites (N-methyl/N-ethyl adjacent to an activating group) is 1. The molecule has 0 unspecified atom stereocenters. The summed E-state index contributed by atoms with van der Waals surface area (Å²) in [5, 5.41) is 10.3. The average molecular weight is 399 g/mol. The molecule has 0 bridgehead atoms. The molecule has 0 saturated heterocycles. The number of hydrogen-bond acceptors (Lipinski definition) is 3. The fraction of sp³-hybridized carbons (Fsp3) is 0.320. The van der Waals surface area contributed by atoms with Crippen molar-refractivity contribution in [3.63, 3.8) is 0 Å². The summed E-state index contributed by atoms with van der Waals surface area (Å²) in [6.45, 7) is 6.72. The van der Waals surface area contributed by atoms with Crippen molar-refractivity contribution in [2.75, 3.05) is 11.9 Å². The van der Waals surface area contributed by atoms with Crippen LogP contribution in [0.3, 0.4) is 0 Å². The maximum atomic E-state index is 12.7. The second-order valence-electron chi connectivity index (χ2n) is 9.22. The van der Waals surface area contributed by atoms with Crippen molar-refractivity contribution in [2.45, 2.75) is 45.4 Å². The maximum Gasteiger partial charge on any atom is 0.279 e. The topological polar surface area (TPSA) is 60.8 Å². The molecule has 0 atom stereocenters. The SMILES string of the molecule is CN1C(=O)C(=N/N=C2\CCCc3c2[nH]c2ccc(C(C)(C)C)cc32)c2ccccc21. The van der Waals surface area contributed by atoms with Crippen molar-refractivity contribution in [3.05, 3.63) is 64.8 Å². The number of carbonyl (C=O) groups is 1. The van der Waals surface area contributed by atoms with Gasteiger partial charge in [-0.25, -0.2) is 0 Å². The molecule has 0 saturated carbocycles. The summed E-state index contributed by atoms with van der Waals surface area (Å²) in [7, 11) is 1.78. The molecule has 152 valence electrons. The Morgan fingerprint density at radius 3 is 2.63 bits per heavy atom. The van der Waals surface area contributed by atoms with Crippen LogP contribution in [0, 0.1) is 0 Å². The van der Waals surface area contributed by atoms with Gasteiger partial charge in [-0.2, -0.15) is 5.10 Å². The van der Waals surface area contributed by atoms with Gasteiger partial charge in [0.1, 0.15) is 0 Å². The number of aryl methyl sites for hydroxylation is 1. The average Bonchev–Trinajstić information content (AvgIpc) is 3.22. The third-order valence-electron chi connectivity index (χ3n) is 6.20. The van der Waals surface area contributed by atoms with Gasteiger partial charge in [0.2, 0.25) is 0 Å². The van der Waals surface area contributed by atoms with Gasteiger partial charge in [0, 0.05) is 23.5 Å². The van der Waals surface area contributed by atoms with E-state index in [0.29, 0.717) is 5.71 Å². The minimum atomic E-state index is -0.108. The van der Waals surface area contributed by atoms with Gasteiger partial charge in [0.05, 0.1) is 17.1 Å². The lowest BCUT2D eigenvalue weighted by atomic mass is 9.85. The van der Waals surface area contributed by atoms with Gasteiger partial charge in [0.15, 0.2) is 5.71 Å². The van der Waals surface area contributed by atoms with Crippen molar-refractivity contribution in [3.8, 4) is 0 Å². The van der Waals surface area contributed by atoms with Crippen LogP contribution >= 0.6 is 0 Å². The van der Waals surface area contributed by atoms with Crippen LogP contribution in [0.2, 0.25) is 0 Å². The van der Waals surface area contributed by atoms with Crippen LogP contribution in [-0.4, -0.2) is 29.4 Å². The number of H-pyrrole nitrogens is 1. The summed E-state index contributed by atoms with van der Waals surface area (Å²) in [5.41, 5.74) is 8.03. The van der Waals surface area contributed by atoms with Gasteiger partial charge in [-0.15, -0.1) is 5.10 Å². The minimum Gasteiger partial charge on any atom is -0.353 e. The summed E-state index contributed by atoms with van der Waals surface area (Å²) >= 11 is 0. The number of nitrogens with zero attached hydrogens (tertiary/aromatic N) is 3. The molecule has 0 radical (unpaired) electrons. The van der Waals surface area contributed by atoms with E-state index in [4.69, 9.17) is 0 Å². The van der Waals surface area contributed by atoms with Crippen LogP contribution in [0.4, 0.5) is 5.69 Å². The van der Waals surface area contributed by atoms with Crippen molar-refractivity contribution < 1.29 is 4.79 Å². The Balaban J connectivity index is 1.59. The first-order chi connectivity index (χ1) is 14.3. The first kappa shape index (κ1) is 18.8. The number of nitrogens with one attached hydrogen (secondary N) is 1. The van der Waals surface area contributed by atoms with Gasteiger partial charge in [-0.05, 0) is 54.0 Å². The smallest absolute Gasteiger partial charge is 0.279 e. The Kier molecular flexibility index (Phi) is 4.17. The van der Waals surface area contributed by atoms with E-state index < -0.39 is 0 Å². The number of aromatic amines is 1. The highest BCUT2D eigenvalue weighted by atomic mass is 16.2. The number of anilines is 1. The molecular formula is C25H26N4O. The number of amides is 1. The van der Waals surface area contributed by atoms with Crippen LogP contribution in [0.25, 0.3) is 10.9 Å². The van der Waals surface area contributed by atoms with Crippen LogP contribution in [0.15, 0.2) is 52.7 Å². The molecule has 0 fully saturated rings. The molecule has 1 aliphatic heterocycles. The molecule has 2 aliphatic rings. The van der Waals surface area contributed by atoms with E-state index >= 15 is 0 Å². The third-order valence-corrected chi connectivity index (χ3v) is 6.20. The molecule has 1 N–H and O–H groups in total. The second-order valence-corrected chi connectivity index (χ2v) is 9.22. The standard InChI is InChI=1S/C25H26N4O/c1-25(2,3)15-12-13-19-18(14-15)16-9-7-10-20(22(16)26-19)27-28-23-17-8-5-6-11-21(17)29(4)24(23)30/h5-6,8,11-14,26H,7,9-10H2,1-4H3/b27-20+,28-23?. The molecule has 5 rings (SSSR count). The normalized spacial score (nSPS) is 19.1. The Hall–Kier alpha value is -3.21. The molecule has 1 amide bonds.